The van der Waals surface area contributed by atoms with E-state index < -0.39 is 0 Å². The largest absolute Gasteiger partial charge is 0.350 e. The molecule has 0 unspecified atom stereocenters. The second kappa shape index (κ2) is 13.1. The van der Waals surface area contributed by atoms with Gasteiger partial charge in [0.25, 0.3) is 0 Å². The Hall–Kier alpha value is -0.200. The quantitative estimate of drug-likeness (QED) is 0.340. The van der Waals surface area contributed by atoms with Crippen molar-refractivity contribution in [3.05, 3.63) is 0 Å². The smallest absolute Gasteiger partial charge is 0.168 e. The number of unbranched alkanes of at least 4 members (excludes halogenated alkanes) is 2. The number of rotatable bonds is 14. The summed E-state index contributed by atoms with van der Waals surface area (Å²) < 4.78 is 24.5. The van der Waals surface area contributed by atoms with E-state index in [2.05, 4.69) is 6.92 Å². The van der Waals surface area contributed by atoms with Gasteiger partial charge in [0.2, 0.25) is 0 Å². The van der Waals surface area contributed by atoms with Gasteiger partial charge in [0.05, 0.1) is 19.8 Å². The first kappa shape index (κ1) is 23.1. The summed E-state index contributed by atoms with van der Waals surface area (Å²) in [6.45, 7) is 5.67. The molecule has 2 aliphatic carbocycles. The molecule has 0 spiro atoms. The zero-order valence-electron chi connectivity index (χ0n) is 17.6. The van der Waals surface area contributed by atoms with E-state index in [1.165, 1.54) is 38.5 Å². The van der Waals surface area contributed by atoms with E-state index >= 15 is 0 Å². The van der Waals surface area contributed by atoms with Gasteiger partial charge in [0, 0.05) is 38.8 Å². The van der Waals surface area contributed by atoms with Crippen molar-refractivity contribution in [1.29, 1.82) is 0 Å². The van der Waals surface area contributed by atoms with Crippen LogP contribution in [-0.2, 0) is 18.9 Å². The molecule has 0 amide bonds. The third-order valence-corrected chi connectivity index (χ3v) is 5.80. The molecule has 2 rings (SSSR count). The van der Waals surface area contributed by atoms with Gasteiger partial charge >= 0.3 is 0 Å². The first-order valence-electron chi connectivity index (χ1n) is 11.5. The minimum atomic E-state index is -0.367. The molecule has 5 nitrogen and oxygen atoms in total. The van der Waals surface area contributed by atoms with Crippen molar-refractivity contribution in [3.8, 4) is 0 Å². The lowest BCUT2D eigenvalue weighted by molar-refractivity contribution is -0.254. The van der Waals surface area contributed by atoms with Crippen molar-refractivity contribution in [1.82, 2.24) is 0 Å². The monoisotopic (exact) mass is 385 g/mol. The molecule has 0 radical (unpaired) electrons. The molecule has 0 saturated heterocycles. The fourth-order valence-corrected chi connectivity index (χ4v) is 4.27. The van der Waals surface area contributed by atoms with Crippen LogP contribution in [0.2, 0.25) is 0 Å². The van der Waals surface area contributed by atoms with Crippen LogP contribution in [0.15, 0.2) is 0 Å². The summed E-state index contributed by atoms with van der Waals surface area (Å²) in [5.74, 6) is -0.665. The van der Waals surface area contributed by atoms with Crippen molar-refractivity contribution >= 4 is 0 Å². The average Bonchev–Trinajstić information content (AvgIpc) is 2.72. The molecule has 0 aromatic heterocycles. The number of nitrogens with two attached hydrogens (primary N) is 1. The molecule has 0 heterocycles. The first-order valence-corrected chi connectivity index (χ1v) is 11.5. The second-order valence-corrected chi connectivity index (χ2v) is 8.19. The molecule has 0 aliphatic heterocycles. The van der Waals surface area contributed by atoms with Crippen molar-refractivity contribution in [3.63, 3.8) is 0 Å². The summed E-state index contributed by atoms with van der Waals surface area (Å²) in [5.41, 5.74) is 5.61. The van der Waals surface area contributed by atoms with Crippen molar-refractivity contribution in [2.45, 2.75) is 108 Å². The Morgan fingerprint density at radius 1 is 0.593 bits per heavy atom. The Kier molecular flexibility index (Phi) is 11.2. The summed E-state index contributed by atoms with van der Waals surface area (Å²) >= 11 is 0. The van der Waals surface area contributed by atoms with E-state index in [-0.39, 0.29) is 11.6 Å². The van der Waals surface area contributed by atoms with E-state index in [1.54, 1.807) is 0 Å². The molecular weight excluding hydrogens is 342 g/mol. The maximum absolute atomic E-state index is 6.24. The predicted molar refractivity (Wildman–Crippen MR) is 109 cm³/mol. The number of ether oxygens (including phenoxy) is 4. The second-order valence-electron chi connectivity index (χ2n) is 8.19. The molecule has 0 aromatic carbocycles. The molecular formula is C22H43NO4. The van der Waals surface area contributed by atoms with Crippen LogP contribution in [0.4, 0.5) is 0 Å². The van der Waals surface area contributed by atoms with Gasteiger partial charge in [-0.25, -0.2) is 0 Å². The highest BCUT2D eigenvalue weighted by molar-refractivity contribution is 4.76. The maximum atomic E-state index is 6.24. The van der Waals surface area contributed by atoms with Gasteiger partial charge in [0.1, 0.15) is 0 Å². The normalized spacial score (nSPS) is 22.0. The van der Waals surface area contributed by atoms with Crippen LogP contribution in [0.25, 0.3) is 0 Å². The zero-order chi connectivity index (χ0) is 19.3. The van der Waals surface area contributed by atoms with E-state index in [0.29, 0.717) is 13.2 Å². The minimum absolute atomic E-state index is 0.299. The molecule has 0 aromatic rings. The summed E-state index contributed by atoms with van der Waals surface area (Å²) in [7, 11) is 0. The highest BCUT2D eigenvalue weighted by Gasteiger charge is 2.34. The van der Waals surface area contributed by atoms with Crippen LogP contribution < -0.4 is 5.73 Å². The third-order valence-electron chi connectivity index (χ3n) is 5.80. The van der Waals surface area contributed by atoms with Crippen molar-refractivity contribution in [2.24, 2.45) is 5.73 Å². The van der Waals surface area contributed by atoms with Gasteiger partial charge < -0.3 is 24.7 Å². The van der Waals surface area contributed by atoms with E-state index in [0.717, 1.165) is 71.2 Å². The van der Waals surface area contributed by atoms with Crippen molar-refractivity contribution in [2.75, 3.05) is 33.0 Å². The molecule has 160 valence electrons. The van der Waals surface area contributed by atoms with Crippen LogP contribution in [0.1, 0.15) is 96.8 Å². The van der Waals surface area contributed by atoms with Crippen LogP contribution in [-0.4, -0.2) is 44.5 Å². The summed E-state index contributed by atoms with van der Waals surface area (Å²) in [5, 5.41) is 0. The summed E-state index contributed by atoms with van der Waals surface area (Å²) in [4.78, 5) is 0. The lowest BCUT2D eigenvalue weighted by Crippen LogP contribution is -2.40. The van der Waals surface area contributed by atoms with E-state index in [4.69, 9.17) is 24.7 Å². The highest BCUT2D eigenvalue weighted by Crippen LogP contribution is 2.34. The Morgan fingerprint density at radius 3 is 1.48 bits per heavy atom. The molecule has 0 bridgehead atoms. The Morgan fingerprint density at radius 2 is 1.04 bits per heavy atom. The predicted octanol–water partition coefficient (Wildman–Crippen LogP) is 4.91. The molecule has 2 fully saturated rings. The SMILES string of the molecule is CCCOC1(OCCCCCOC2(OCCN)CCCCC2)CCCCC1. The van der Waals surface area contributed by atoms with Crippen LogP contribution in [0.5, 0.6) is 0 Å². The van der Waals surface area contributed by atoms with Gasteiger partial charge in [-0.2, -0.15) is 0 Å². The number of hydrogen-bond donors (Lipinski definition) is 1. The number of hydrogen-bond acceptors (Lipinski definition) is 5. The van der Waals surface area contributed by atoms with Crippen LogP contribution in [0.3, 0.4) is 0 Å². The third kappa shape index (κ3) is 8.36. The van der Waals surface area contributed by atoms with E-state index in [9.17, 15) is 0 Å². The minimum Gasteiger partial charge on any atom is -0.350 e. The fraction of sp³-hybridized carbons (Fsp3) is 1.00. The molecule has 2 N–H and O–H groups in total. The van der Waals surface area contributed by atoms with Crippen LogP contribution >= 0.6 is 0 Å². The van der Waals surface area contributed by atoms with Gasteiger partial charge in [-0.15, -0.1) is 0 Å². The first-order chi connectivity index (χ1) is 13.2. The lowest BCUT2D eigenvalue weighted by atomic mass is 9.94. The molecule has 5 heteroatoms. The Bertz CT molecular complexity index is 331. The van der Waals surface area contributed by atoms with Gasteiger partial charge in [-0.05, 0) is 51.4 Å². The molecule has 0 atom stereocenters. The molecule has 2 aliphatic rings. The topological polar surface area (TPSA) is 62.9 Å². The summed E-state index contributed by atoms with van der Waals surface area (Å²) in [6, 6.07) is 0. The standard InChI is InChI=1S/C22H43NO4/c1-2-17-24-21(12-6-3-7-13-21)25-18-10-5-11-19-26-22(27-20-16-23)14-8-4-9-15-22/h2-20,23H2,1H3. The lowest BCUT2D eigenvalue weighted by Gasteiger charge is -2.37. The zero-order valence-corrected chi connectivity index (χ0v) is 17.6. The van der Waals surface area contributed by atoms with Gasteiger partial charge in [-0.1, -0.05) is 19.8 Å². The maximum Gasteiger partial charge on any atom is 0.168 e. The van der Waals surface area contributed by atoms with Gasteiger partial charge in [0.15, 0.2) is 11.6 Å². The summed E-state index contributed by atoms with van der Waals surface area (Å²) in [6.07, 6.45) is 15.9. The van der Waals surface area contributed by atoms with Crippen molar-refractivity contribution < 1.29 is 18.9 Å². The van der Waals surface area contributed by atoms with E-state index in [1.807, 2.05) is 0 Å². The molecule has 27 heavy (non-hydrogen) atoms. The fourth-order valence-electron chi connectivity index (χ4n) is 4.27. The Balaban J connectivity index is 1.60. The molecule has 2 saturated carbocycles. The van der Waals surface area contributed by atoms with Gasteiger partial charge in [-0.3, -0.25) is 0 Å². The van der Waals surface area contributed by atoms with Crippen LogP contribution in [0, 0.1) is 0 Å². The average molecular weight is 386 g/mol. The highest BCUT2D eigenvalue weighted by atomic mass is 16.7. The Labute approximate surface area is 166 Å².